The van der Waals surface area contributed by atoms with E-state index in [1.165, 1.54) is 289 Å². The minimum absolute atomic E-state index is 0.0685. The first-order chi connectivity index (χ1) is 39.5. The zero-order valence-corrected chi connectivity index (χ0v) is 54.1. The molecule has 0 rings (SSSR count). The van der Waals surface area contributed by atoms with E-state index in [0.29, 0.717) is 19.3 Å². The number of unbranched alkanes of at least 4 members (excludes halogenated alkanes) is 50. The summed E-state index contributed by atoms with van der Waals surface area (Å²) in [6.07, 6.45) is 86.2. The predicted molar refractivity (Wildman–Crippen MR) is 349 cm³/mol. The number of rotatable bonds is 67. The number of carbonyl (C=O) groups excluding carboxylic acids is 3. The summed E-state index contributed by atoms with van der Waals surface area (Å²) in [4.78, 5) is 38.4. The first kappa shape index (κ1) is 77.6. The maximum Gasteiger partial charge on any atom is 0.306 e. The smallest absolute Gasteiger partial charge is 0.306 e. The van der Waals surface area contributed by atoms with Gasteiger partial charge >= 0.3 is 17.9 Å². The Morgan fingerprint density at radius 1 is 0.250 bits per heavy atom. The second-order valence-corrected chi connectivity index (χ2v) is 24.5. The molecular weight excluding hydrogens is 985 g/mol. The third-order valence-electron chi connectivity index (χ3n) is 16.4. The first-order valence-electron chi connectivity index (χ1n) is 36.0. The lowest BCUT2D eigenvalue weighted by molar-refractivity contribution is -0.167. The molecule has 0 aromatic heterocycles. The molecule has 0 aliphatic heterocycles. The van der Waals surface area contributed by atoms with Crippen molar-refractivity contribution in [3.05, 3.63) is 36.5 Å². The van der Waals surface area contributed by atoms with Crippen LogP contribution in [0, 0.1) is 0 Å². The zero-order valence-electron chi connectivity index (χ0n) is 54.1. The highest BCUT2D eigenvalue weighted by Gasteiger charge is 2.19. The maximum absolute atomic E-state index is 12.9. The Morgan fingerprint density at radius 2 is 0.450 bits per heavy atom. The first-order valence-corrected chi connectivity index (χ1v) is 36.0. The molecule has 470 valence electrons. The molecule has 0 N–H and O–H groups in total. The summed E-state index contributed by atoms with van der Waals surface area (Å²) in [6, 6.07) is 0. The molecular formula is C74H138O6. The van der Waals surface area contributed by atoms with Gasteiger partial charge in [-0.2, -0.15) is 0 Å². The van der Waals surface area contributed by atoms with Crippen molar-refractivity contribution in [1.82, 2.24) is 0 Å². The Balaban J connectivity index is 4.13. The van der Waals surface area contributed by atoms with Crippen LogP contribution in [0.4, 0.5) is 0 Å². The van der Waals surface area contributed by atoms with Crippen LogP contribution in [0.25, 0.3) is 0 Å². The third kappa shape index (κ3) is 66.4. The van der Waals surface area contributed by atoms with E-state index in [-0.39, 0.29) is 31.1 Å². The molecule has 0 saturated carbocycles. The molecule has 0 radical (unpaired) electrons. The standard InChI is InChI=1S/C74H138O6/c1-4-7-10-13-16-19-22-25-27-29-31-32-33-34-35-36-37-38-39-40-41-42-44-45-47-49-52-55-58-61-64-67-73(76)79-70-71(69-78-72(75)66-63-60-57-54-51-24-21-18-15-12-9-6-3)80-74(77)68-65-62-59-56-53-50-48-46-43-30-28-26-23-20-17-14-11-8-5-2/h18,21-22,25,29,31,71H,4-17,19-20,23-24,26-28,30,32-70H2,1-3H3/b21-18-,25-22-,31-29-. The Labute approximate surface area is 499 Å². The fourth-order valence-electron chi connectivity index (χ4n) is 10.9. The van der Waals surface area contributed by atoms with Gasteiger partial charge in [-0.1, -0.05) is 340 Å². The second-order valence-electron chi connectivity index (χ2n) is 24.5. The van der Waals surface area contributed by atoms with Crippen molar-refractivity contribution in [3.63, 3.8) is 0 Å². The molecule has 0 aliphatic carbocycles. The Bertz CT molecular complexity index is 1340. The maximum atomic E-state index is 12.9. The lowest BCUT2D eigenvalue weighted by Gasteiger charge is -2.18. The molecule has 0 heterocycles. The van der Waals surface area contributed by atoms with E-state index in [0.717, 1.165) is 70.6 Å². The van der Waals surface area contributed by atoms with E-state index in [2.05, 4.69) is 57.2 Å². The van der Waals surface area contributed by atoms with E-state index in [1.807, 2.05) is 0 Å². The molecule has 6 nitrogen and oxygen atoms in total. The average molecular weight is 1120 g/mol. The van der Waals surface area contributed by atoms with E-state index < -0.39 is 6.10 Å². The predicted octanol–water partition coefficient (Wildman–Crippen LogP) is 24.7. The highest BCUT2D eigenvalue weighted by Crippen LogP contribution is 2.19. The number of hydrogen-bond acceptors (Lipinski definition) is 6. The van der Waals surface area contributed by atoms with Crippen LogP contribution in [0.15, 0.2) is 36.5 Å². The zero-order chi connectivity index (χ0) is 57.8. The van der Waals surface area contributed by atoms with E-state index in [9.17, 15) is 14.4 Å². The fourth-order valence-corrected chi connectivity index (χ4v) is 10.9. The van der Waals surface area contributed by atoms with Crippen LogP contribution in [0.5, 0.6) is 0 Å². The van der Waals surface area contributed by atoms with Crippen LogP contribution in [0.1, 0.15) is 400 Å². The molecule has 0 fully saturated rings. The molecule has 0 saturated heterocycles. The average Bonchev–Trinajstić information content (AvgIpc) is 3.46. The van der Waals surface area contributed by atoms with Crippen molar-refractivity contribution in [2.75, 3.05) is 13.2 Å². The highest BCUT2D eigenvalue weighted by atomic mass is 16.6. The van der Waals surface area contributed by atoms with Crippen molar-refractivity contribution in [2.24, 2.45) is 0 Å². The topological polar surface area (TPSA) is 78.9 Å². The third-order valence-corrected chi connectivity index (χ3v) is 16.4. The lowest BCUT2D eigenvalue weighted by atomic mass is 10.0. The van der Waals surface area contributed by atoms with Gasteiger partial charge in [0.25, 0.3) is 0 Å². The van der Waals surface area contributed by atoms with Crippen LogP contribution in [-0.4, -0.2) is 37.2 Å². The van der Waals surface area contributed by atoms with Gasteiger partial charge in [-0.15, -0.1) is 0 Å². The molecule has 1 atom stereocenters. The van der Waals surface area contributed by atoms with Gasteiger partial charge in [0.15, 0.2) is 6.10 Å². The van der Waals surface area contributed by atoms with Gasteiger partial charge in [-0.3, -0.25) is 14.4 Å². The van der Waals surface area contributed by atoms with Gasteiger partial charge < -0.3 is 14.2 Å². The quantitative estimate of drug-likeness (QED) is 0.0261. The highest BCUT2D eigenvalue weighted by molar-refractivity contribution is 5.71. The van der Waals surface area contributed by atoms with Gasteiger partial charge in [0, 0.05) is 19.3 Å². The van der Waals surface area contributed by atoms with Gasteiger partial charge in [-0.05, 0) is 77.0 Å². The van der Waals surface area contributed by atoms with E-state index in [1.54, 1.807) is 0 Å². The molecule has 0 aromatic carbocycles. The number of ether oxygens (including phenoxy) is 3. The number of hydrogen-bond donors (Lipinski definition) is 0. The SMILES string of the molecule is CCCCC/C=C\CCCCCCCC(=O)OCC(COC(=O)CCCCCCCCCCCCCCCCCCCCC/C=C\C/C=C\CCCCCCC)OC(=O)CCCCCCCCCCCCCCCCCCCCC. The van der Waals surface area contributed by atoms with Crippen molar-refractivity contribution in [1.29, 1.82) is 0 Å². The molecule has 0 aliphatic rings. The minimum Gasteiger partial charge on any atom is -0.462 e. The molecule has 80 heavy (non-hydrogen) atoms. The molecule has 0 bridgehead atoms. The van der Waals surface area contributed by atoms with E-state index in [4.69, 9.17) is 14.2 Å². The Kier molecular flexibility index (Phi) is 67.1. The Morgan fingerprint density at radius 3 is 0.725 bits per heavy atom. The van der Waals surface area contributed by atoms with Gasteiger partial charge in [0.2, 0.25) is 0 Å². The van der Waals surface area contributed by atoms with Crippen LogP contribution in [0.2, 0.25) is 0 Å². The van der Waals surface area contributed by atoms with Gasteiger partial charge in [0.1, 0.15) is 13.2 Å². The van der Waals surface area contributed by atoms with Gasteiger partial charge in [-0.25, -0.2) is 0 Å². The van der Waals surface area contributed by atoms with Crippen molar-refractivity contribution in [3.8, 4) is 0 Å². The minimum atomic E-state index is -0.772. The summed E-state index contributed by atoms with van der Waals surface area (Å²) >= 11 is 0. The van der Waals surface area contributed by atoms with Crippen LogP contribution in [0.3, 0.4) is 0 Å². The number of allylic oxidation sites excluding steroid dienone is 6. The molecule has 0 amide bonds. The van der Waals surface area contributed by atoms with Crippen LogP contribution >= 0.6 is 0 Å². The van der Waals surface area contributed by atoms with Crippen molar-refractivity contribution in [2.45, 2.75) is 406 Å². The van der Waals surface area contributed by atoms with Crippen LogP contribution in [-0.2, 0) is 28.6 Å². The van der Waals surface area contributed by atoms with Gasteiger partial charge in [0.05, 0.1) is 0 Å². The normalized spacial score (nSPS) is 12.2. The summed E-state index contributed by atoms with van der Waals surface area (Å²) in [5, 5.41) is 0. The summed E-state index contributed by atoms with van der Waals surface area (Å²) in [7, 11) is 0. The summed E-state index contributed by atoms with van der Waals surface area (Å²) in [5.74, 6) is -0.848. The van der Waals surface area contributed by atoms with Crippen molar-refractivity contribution < 1.29 is 28.6 Å². The summed E-state index contributed by atoms with van der Waals surface area (Å²) in [5.41, 5.74) is 0. The lowest BCUT2D eigenvalue weighted by Crippen LogP contribution is -2.30. The largest absolute Gasteiger partial charge is 0.462 e. The summed E-state index contributed by atoms with van der Waals surface area (Å²) < 4.78 is 17.0. The monoisotopic (exact) mass is 1120 g/mol. The molecule has 0 aromatic rings. The summed E-state index contributed by atoms with van der Waals surface area (Å²) in [6.45, 7) is 6.67. The number of carbonyl (C=O) groups is 3. The van der Waals surface area contributed by atoms with Crippen LogP contribution < -0.4 is 0 Å². The molecule has 0 spiro atoms. The second kappa shape index (κ2) is 69.1. The Hall–Kier alpha value is -2.37. The van der Waals surface area contributed by atoms with E-state index >= 15 is 0 Å². The molecule has 6 heteroatoms. The molecule has 1 unspecified atom stereocenters. The fraction of sp³-hybridized carbons (Fsp3) is 0.878. The van der Waals surface area contributed by atoms with Crippen molar-refractivity contribution >= 4 is 17.9 Å². The number of esters is 3.